The summed E-state index contributed by atoms with van der Waals surface area (Å²) in [6.07, 6.45) is 2.78. The highest BCUT2D eigenvalue weighted by molar-refractivity contribution is 5.95. The van der Waals surface area contributed by atoms with Gasteiger partial charge in [-0.2, -0.15) is 5.10 Å². The number of amides is 2. The highest BCUT2D eigenvalue weighted by atomic mass is 19.1. The molecule has 0 aliphatic rings. The average molecular weight is 367 g/mol. The van der Waals surface area contributed by atoms with Crippen molar-refractivity contribution in [1.82, 2.24) is 14.8 Å². The molecule has 27 heavy (non-hydrogen) atoms. The molecule has 138 valence electrons. The zero-order valence-corrected chi connectivity index (χ0v) is 14.6. The Balaban J connectivity index is 1.56. The number of rotatable bonds is 6. The van der Waals surface area contributed by atoms with Gasteiger partial charge in [0.05, 0.1) is 6.42 Å². The van der Waals surface area contributed by atoms with Crippen molar-refractivity contribution in [3.63, 3.8) is 0 Å². The summed E-state index contributed by atoms with van der Waals surface area (Å²) in [7, 11) is 0. The molecule has 0 aliphatic heterocycles. The zero-order chi connectivity index (χ0) is 19.2. The van der Waals surface area contributed by atoms with Crippen LogP contribution in [0.4, 0.5) is 15.8 Å². The highest BCUT2D eigenvalue weighted by Gasteiger charge is 2.15. The van der Waals surface area contributed by atoms with Gasteiger partial charge in [0.1, 0.15) is 24.5 Å². The number of hydrogen-bond donors (Lipinski definition) is 2. The van der Waals surface area contributed by atoms with Gasteiger partial charge in [0, 0.05) is 11.4 Å². The van der Waals surface area contributed by atoms with Gasteiger partial charge in [-0.1, -0.05) is 18.2 Å². The van der Waals surface area contributed by atoms with Gasteiger partial charge in [-0.05, 0) is 42.8 Å². The molecule has 2 amide bonds. The summed E-state index contributed by atoms with van der Waals surface area (Å²) < 4.78 is 15.1. The van der Waals surface area contributed by atoms with Crippen LogP contribution in [0, 0.1) is 5.82 Å². The first-order chi connectivity index (χ1) is 13.0. The summed E-state index contributed by atoms with van der Waals surface area (Å²) in [5.74, 6) is -0.972. The van der Waals surface area contributed by atoms with E-state index in [0.717, 1.165) is 0 Å². The first-order valence-electron chi connectivity index (χ1n) is 8.31. The van der Waals surface area contributed by atoms with E-state index in [-0.39, 0.29) is 18.2 Å². The second-order valence-corrected chi connectivity index (χ2v) is 5.93. The number of nitrogens with one attached hydrogen (secondary N) is 2. The van der Waals surface area contributed by atoms with E-state index in [0.29, 0.717) is 16.9 Å². The first kappa shape index (κ1) is 18.2. The van der Waals surface area contributed by atoms with Gasteiger partial charge in [-0.3, -0.25) is 9.59 Å². The van der Waals surface area contributed by atoms with Crippen molar-refractivity contribution in [2.45, 2.75) is 19.4 Å². The second kappa shape index (κ2) is 8.22. The lowest BCUT2D eigenvalue weighted by molar-refractivity contribution is -0.119. The normalized spacial score (nSPS) is 11.6. The van der Waals surface area contributed by atoms with Crippen LogP contribution in [0.25, 0.3) is 0 Å². The Hall–Kier alpha value is -3.55. The van der Waals surface area contributed by atoms with Gasteiger partial charge < -0.3 is 10.6 Å². The summed E-state index contributed by atoms with van der Waals surface area (Å²) >= 11 is 0. The number of hydrogen-bond acceptors (Lipinski definition) is 4. The third-order valence-electron chi connectivity index (χ3n) is 3.96. The fourth-order valence-corrected chi connectivity index (χ4v) is 2.44. The summed E-state index contributed by atoms with van der Waals surface area (Å²) in [6, 6.07) is 12.3. The smallest absolute Gasteiger partial charge is 0.249 e. The van der Waals surface area contributed by atoms with Crippen LogP contribution in [0.3, 0.4) is 0 Å². The Bertz CT molecular complexity index is 926. The second-order valence-electron chi connectivity index (χ2n) is 5.93. The molecular weight excluding hydrogens is 349 g/mol. The molecule has 0 aliphatic carbocycles. The summed E-state index contributed by atoms with van der Waals surface area (Å²) in [6.45, 7) is 1.71. The molecule has 1 heterocycles. The highest BCUT2D eigenvalue weighted by Crippen LogP contribution is 2.16. The summed E-state index contributed by atoms with van der Waals surface area (Å²) in [5, 5.41) is 9.41. The number of carbonyl (C=O) groups excluding carboxylic acids is 2. The van der Waals surface area contributed by atoms with Crippen molar-refractivity contribution in [2.24, 2.45) is 0 Å². The molecule has 0 saturated heterocycles. The monoisotopic (exact) mass is 367 g/mol. The van der Waals surface area contributed by atoms with E-state index in [1.807, 2.05) is 0 Å². The maximum Gasteiger partial charge on any atom is 0.249 e. The van der Waals surface area contributed by atoms with Gasteiger partial charge in [0.25, 0.3) is 0 Å². The number of nitrogens with zero attached hydrogens (tertiary/aromatic N) is 3. The van der Waals surface area contributed by atoms with Gasteiger partial charge in [-0.15, -0.1) is 0 Å². The molecule has 3 rings (SSSR count). The third-order valence-corrected chi connectivity index (χ3v) is 3.96. The van der Waals surface area contributed by atoms with Gasteiger partial charge in [0.2, 0.25) is 11.8 Å². The van der Waals surface area contributed by atoms with Crippen LogP contribution in [0.5, 0.6) is 0 Å². The van der Waals surface area contributed by atoms with Crippen LogP contribution in [-0.4, -0.2) is 26.6 Å². The summed E-state index contributed by atoms with van der Waals surface area (Å²) in [5.41, 5.74) is 1.47. The standard InChI is InChI=1S/C19H18FN5O2/c1-13(25-12-21-11-22-25)19(27)24-16-8-6-15(7-9-16)23-18(26)10-14-4-2-3-5-17(14)20/h2-9,11-13H,10H2,1H3,(H,23,26)(H,24,27)/t13-/m1/s1. The third kappa shape index (κ3) is 4.75. The van der Waals surface area contributed by atoms with E-state index in [2.05, 4.69) is 20.7 Å². The van der Waals surface area contributed by atoms with Gasteiger partial charge in [0.15, 0.2) is 0 Å². The predicted molar refractivity (Wildman–Crippen MR) is 98.5 cm³/mol. The first-order valence-corrected chi connectivity index (χ1v) is 8.31. The maximum atomic E-state index is 13.6. The molecule has 0 saturated carbocycles. The predicted octanol–water partition coefficient (Wildman–Crippen LogP) is 2.80. The molecule has 1 atom stereocenters. The van der Waals surface area contributed by atoms with E-state index in [1.54, 1.807) is 49.4 Å². The zero-order valence-electron chi connectivity index (χ0n) is 14.6. The number of carbonyl (C=O) groups is 2. The lowest BCUT2D eigenvalue weighted by Crippen LogP contribution is -2.24. The molecule has 7 nitrogen and oxygen atoms in total. The minimum absolute atomic E-state index is 0.0550. The Morgan fingerprint density at radius 1 is 1.07 bits per heavy atom. The molecule has 0 bridgehead atoms. The SMILES string of the molecule is C[C@H](C(=O)Nc1ccc(NC(=O)Cc2ccccc2F)cc1)n1cncn1. The van der Waals surface area contributed by atoms with Crippen LogP contribution in [-0.2, 0) is 16.0 Å². The van der Waals surface area contributed by atoms with E-state index in [1.165, 1.54) is 23.4 Å². The molecule has 8 heteroatoms. The van der Waals surface area contributed by atoms with Crippen molar-refractivity contribution in [1.29, 1.82) is 0 Å². The van der Waals surface area contributed by atoms with Gasteiger partial charge in [-0.25, -0.2) is 14.1 Å². The van der Waals surface area contributed by atoms with Crippen molar-refractivity contribution >= 4 is 23.2 Å². The molecule has 0 fully saturated rings. The Kier molecular flexibility index (Phi) is 5.55. The Morgan fingerprint density at radius 3 is 2.37 bits per heavy atom. The van der Waals surface area contributed by atoms with Crippen molar-refractivity contribution in [2.75, 3.05) is 10.6 Å². The molecule has 2 N–H and O–H groups in total. The fraction of sp³-hybridized carbons (Fsp3) is 0.158. The number of halogens is 1. The largest absolute Gasteiger partial charge is 0.326 e. The van der Waals surface area contributed by atoms with Crippen LogP contribution in [0.15, 0.2) is 61.2 Å². The molecular formula is C19H18FN5O2. The Labute approximate surface area is 155 Å². The number of aromatic nitrogens is 3. The molecule has 0 radical (unpaired) electrons. The topological polar surface area (TPSA) is 88.9 Å². The Morgan fingerprint density at radius 2 is 1.74 bits per heavy atom. The van der Waals surface area contributed by atoms with Gasteiger partial charge >= 0.3 is 0 Å². The molecule has 2 aromatic carbocycles. The minimum atomic E-state index is -0.507. The van der Waals surface area contributed by atoms with Crippen molar-refractivity contribution in [3.05, 3.63) is 72.6 Å². The van der Waals surface area contributed by atoms with E-state index >= 15 is 0 Å². The lowest BCUT2D eigenvalue weighted by Gasteiger charge is -2.12. The summed E-state index contributed by atoms with van der Waals surface area (Å²) in [4.78, 5) is 28.1. The number of benzene rings is 2. The van der Waals surface area contributed by atoms with Crippen LogP contribution < -0.4 is 10.6 Å². The van der Waals surface area contributed by atoms with E-state index in [4.69, 9.17) is 0 Å². The average Bonchev–Trinajstić information content (AvgIpc) is 3.19. The minimum Gasteiger partial charge on any atom is -0.326 e. The molecule has 0 unspecified atom stereocenters. The molecule has 3 aromatic rings. The van der Waals surface area contributed by atoms with Crippen molar-refractivity contribution < 1.29 is 14.0 Å². The fourth-order valence-electron chi connectivity index (χ4n) is 2.44. The van der Waals surface area contributed by atoms with E-state index < -0.39 is 11.9 Å². The lowest BCUT2D eigenvalue weighted by atomic mass is 10.1. The van der Waals surface area contributed by atoms with E-state index in [9.17, 15) is 14.0 Å². The quantitative estimate of drug-likeness (QED) is 0.701. The van der Waals surface area contributed by atoms with Crippen LogP contribution >= 0.6 is 0 Å². The van der Waals surface area contributed by atoms with Crippen LogP contribution in [0.2, 0.25) is 0 Å². The van der Waals surface area contributed by atoms with Crippen LogP contribution in [0.1, 0.15) is 18.5 Å². The molecule has 0 spiro atoms. The maximum absolute atomic E-state index is 13.6. The van der Waals surface area contributed by atoms with Crippen molar-refractivity contribution in [3.8, 4) is 0 Å². The number of anilines is 2. The molecule has 1 aromatic heterocycles.